The Kier molecular flexibility index (Phi) is 16.4. The van der Waals surface area contributed by atoms with Crippen LogP contribution in [0.4, 0.5) is 0 Å². The average Bonchev–Trinajstić information content (AvgIpc) is 0.681. The number of hydrogen-bond acceptors (Lipinski definition) is 16. The van der Waals surface area contributed by atoms with E-state index in [1.807, 2.05) is 64.1 Å². The monoisotopic (exact) mass is 1370 g/mol. The number of aliphatic hydroxyl groups excluding tert-OH is 2. The van der Waals surface area contributed by atoms with E-state index in [-0.39, 0.29) is 71.4 Å². The summed E-state index contributed by atoms with van der Waals surface area (Å²) < 4.78 is 27.2. The third kappa shape index (κ3) is 10.8. The molecule has 3 saturated carbocycles. The number of ether oxygens (including phenoxy) is 4. The minimum absolute atomic E-state index is 0.00910. The predicted molar refractivity (Wildman–Crippen MR) is 385 cm³/mol. The van der Waals surface area contributed by atoms with Crippen molar-refractivity contribution in [3.05, 3.63) is 208 Å². The minimum Gasteiger partial charge on any atom is -0.508 e. The summed E-state index contributed by atoms with van der Waals surface area (Å²) in [6, 6.07) is 49.6. The van der Waals surface area contributed by atoms with Crippen molar-refractivity contribution in [2.45, 2.75) is 116 Å². The maximum Gasteiger partial charge on any atom is 0.317 e. The van der Waals surface area contributed by atoms with Crippen molar-refractivity contribution in [1.82, 2.24) is 5.32 Å². The number of allylic oxidation sites excluding steroid dienone is 1. The van der Waals surface area contributed by atoms with Gasteiger partial charge in [0.25, 0.3) is 0 Å². The first-order valence-corrected chi connectivity index (χ1v) is 39.0. The minimum atomic E-state index is -1.39. The molecule has 8 aromatic carbocycles. The highest BCUT2D eigenvalue weighted by Gasteiger charge is 2.68. The Labute approximate surface area is 580 Å². The molecule has 97 heavy (non-hydrogen) atoms. The molecule has 17 rings (SSSR count). The Balaban J connectivity index is 0.912. The molecule has 15 bridgehead atoms. The van der Waals surface area contributed by atoms with Gasteiger partial charge in [-0.25, -0.2) is 0 Å². The number of methoxy groups -OCH3 is 1. The molecule has 6 N–H and O–H groups in total. The second-order valence-corrected chi connectivity index (χ2v) is 33.8. The van der Waals surface area contributed by atoms with E-state index in [0.29, 0.717) is 50.3 Å². The van der Waals surface area contributed by atoms with Gasteiger partial charge in [0, 0.05) is 72.3 Å². The van der Waals surface area contributed by atoms with Crippen molar-refractivity contribution in [2.24, 2.45) is 47.3 Å². The summed E-state index contributed by atoms with van der Waals surface area (Å²) in [4.78, 5) is 32.1. The van der Waals surface area contributed by atoms with Gasteiger partial charge in [0.05, 0.1) is 13.2 Å². The van der Waals surface area contributed by atoms with Crippen molar-refractivity contribution in [1.29, 1.82) is 0 Å². The van der Waals surface area contributed by atoms with Crippen molar-refractivity contribution in [3.8, 4) is 51.7 Å². The van der Waals surface area contributed by atoms with Crippen LogP contribution in [0.1, 0.15) is 94.5 Å². The molecule has 16 heteroatoms. The number of hydrogen-bond donors (Lipinski definition) is 6. The number of phenols is 3. The zero-order chi connectivity index (χ0) is 66.0. The summed E-state index contributed by atoms with van der Waals surface area (Å²) in [6.07, 6.45) is 4.60. The smallest absolute Gasteiger partial charge is 0.317 e. The fourth-order valence-corrected chi connectivity index (χ4v) is 25.1. The van der Waals surface area contributed by atoms with Crippen LogP contribution < -0.4 is 14.8 Å². The Morgan fingerprint density at radius 2 is 1.56 bits per heavy atom. The normalized spacial score (nSPS) is 32.3. The van der Waals surface area contributed by atoms with E-state index in [2.05, 4.69) is 120 Å². The average molecular weight is 1370 g/mol. The zero-order valence-corrected chi connectivity index (χ0v) is 57.2. The SMILES string of the molecule is COc1cc2c(cc1O)C1CC(O)C3Cc4cc(O)c5cc4C4CC(CC(OC(C)=O)C(C2)C1(c1ccc2ccccc2c1)C43)OC(=O)C12CC(CSSC(O)CO5)C3C4C=CC1C3C#CC(CNCc1cccc(c1)-c1cc(O)cc3ccc2cc13)Cc1ccccc1CSS4. The highest BCUT2D eigenvalue weighted by Crippen LogP contribution is 2.70. The molecule has 9 aliphatic rings. The van der Waals surface area contributed by atoms with Gasteiger partial charge in [0.2, 0.25) is 0 Å². The third-order valence-electron chi connectivity index (χ3n) is 23.7. The maximum absolute atomic E-state index is 17.7. The molecule has 6 aliphatic carbocycles. The molecule has 1 spiro atoms. The van der Waals surface area contributed by atoms with E-state index in [9.17, 15) is 30.3 Å². The van der Waals surface area contributed by atoms with Gasteiger partial charge in [-0.2, -0.15) is 0 Å². The lowest BCUT2D eigenvalue weighted by Crippen LogP contribution is -2.65. The van der Waals surface area contributed by atoms with E-state index in [4.69, 9.17) is 18.9 Å². The van der Waals surface area contributed by atoms with Crippen molar-refractivity contribution in [3.63, 3.8) is 0 Å². The summed E-state index contributed by atoms with van der Waals surface area (Å²) in [7, 11) is 8.19. The molecule has 17 atom stereocenters. The molecule has 0 aromatic heterocycles. The van der Waals surface area contributed by atoms with E-state index >= 15 is 4.79 Å². The standard InChI is InChI=1S/C81H77NO11S4/c1-43(83)92-72-33-58-32-64-62-35-74(70(86)28-52(62)26-65-69(85)36-67-63-34-71(87)73(90-2)29-53(63)27-68(72)81(67,78(64)65)56-18-15-46-9-3-4-11-48(46)24-56)91-40-76(88)97-95-42-54-37-80(79(89)93-58)55-17-16-50-25-57(84)31-61(60(50)30-55)49-13-7-8-44(23-49)38-82-39-45-14-19-59-66(80)20-21-75(77(54)59)96-94-41-51-12-6-5-10-47(51)22-45/h3-13,15-18,20-21,23-25,28-31,34-35,45,54,58-59,64-69,72,75-78,82,84-88H,22,26-27,32-33,36-42H2,1-2H3. The molecular weight excluding hydrogens is 1290 g/mol. The summed E-state index contributed by atoms with van der Waals surface area (Å²) >= 11 is 0. The maximum atomic E-state index is 17.7. The van der Waals surface area contributed by atoms with Gasteiger partial charge in [-0.1, -0.05) is 164 Å². The Bertz CT molecular complexity index is 4590. The number of benzene rings is 8. The van der Waals surface area contributed by atoms with Crippen LogP contribution in [-0.2, 0) is 61.5 Å². The lowest BCUT2D eigenvalue weighted by Gasteiger charge is -2.66. The molecule has 3 fully saturated rings. The van der Waals surface area contributed by atoms with Gasteiger partial charge in [-0.3, -0.25) is 9.59 Å². The number of rotatable bonds is 3. The molecule has 0 amide bonds. The lowest BCUT2D eigenvalue weighted by molar-refractivity contribution is -0.177. The van der Waals surface area contributed by atoms with Crippen LogP contribution in [-0.4, -0.2) is 92.5 Å². The molecule has 496 valence electrons. The second kappa shape index (κ2) is 25.2. The van der Waals surface area contributed by atoms with Crippen LogP contribution in [0.25, 0.3) is 32.7 Å². The number of fused-ring (bicyclic) bond motifs is 12. The van der Waals surface area contributed by atoms with Gasteiger partial charge in [-0.05, 0) is 205 Å². The number of carbonyl (C=O) groups excluding carboxylic acids is 2. The second-order valence-electron chi connectivity index (χ2n) is 28.7. The van der Waals surface area contributed by atoms with E-state index in [0.717, 1.165) is 83.8 Å². The van der Waals surface area contributed by atoms with E-state index in [1.165, 1.54) is 28.8 Å². The van der Waals surface area contributed by atoms with Crippen molar-refractivity contribution < 1.29 is 54.1 Å². The quantitative estimate of drug-likeness (QED) is 0.0425. The van der Waals surface area contributed by atoms with Crippen LogP contribution in [0.3, 0.4) is 0 Å². The van der Waals surface area contributed by atoms with Gasteiger partial charge < -0.3 is 49.8 Å². The van der Waals surface area contributed by atoms with Gasteiger partial charge in [0.15, 0.2) is 23.0 Å². The molecule has 12 nitrogen and oxygen atoms in total. The number of esters is 2. The van der Waals surface area contributed by atoms with Crippen LogP contribution in [0, 0.1) is 59.2 Å². The fourth-order valence-electron chi connectivity index (χ4n) is 19.9. The van der Waals surface area contributed by atoms with E-state index < -0.39 is 82.0 Å². The highest BCUT2D eigenvalue weighted by molar-refractivity contribution is 8.77. The molecule has 0 saturated heterocycles. The molecular formula is C81H77NO11S4. The van der Waals surface area contributed by atoms with Crippen molar-refractivity contribution in [2.75, 3.05) is 26.0 Å². The molecule has 17 unspecified atom stereocenters. The molecule has 3 aliphatic heterocycles. The number of carbonyl (C=O) groups is 2. The first-order valence-electron chi connectivity index (χ1n) is 34.2. The number of nitrogens with one attached hydrogen (secondary N) is 1. The summed E-state index contributed by atoms with van der Waals surface area (Å²) in [5.74, 6) is 5.70. The van der Waals surface area contributed by atoms with Gasteiger partial charge in [0.1, 0.15) is 35.4 Å². The van der Waals surface area contributed by atoms with Gasteiger partial charge >= 0.3 is 11.9 Å². The fraction of sp³-hybridized carbons (Fsp3) is 0.383. The summed E-state index contributed by atoms with van der Waals surface area (Å²) in [5.41, 5.74) is 7.45. The van der Waals surface area contributed by atoms with Crippen molar-refractivity contribution >= 4 is 76.7 Å². The zero-order valence-electron chi connectivity index (χ0n) is 54.0. The van der Waals surface area contributed by atoms with Crippen LogP contribution in [0.2, 0.25) is 0 Å². The molecule has 8 aromatic rings. The molecule has 0 radical (unpaired) electrons. The van der Waals surface area contributed by atoms with Crippen LogP contribution in [0.5, 0.6) is 28.7 Å². The lowest BCUT2D eigenvalue weighted by atomic mass is 9.38. The van der Waals surface area contributed by atoms with Crippen LogP contribution >= 0.6 is 43.2 Å². The summed E-state index contributed by atoms with van der Waals surface area (Å²) in [6.45, 7) is 2.57. The Morgan fingerprint density at radius 1 is 0.732 bits per heavy atom. The number of aliphatic hydroxyl groups is 2. The Hall–Kier alpha value is -7.20. The first-order chi connectivity index (χ1) is 47.2. The van der Waals surface area contributed by atoms with E-state index in [1.54, 1.807) is 30.0 Å². The number of phenolic OH excluding ortho intramolecular Hbond substituents is 3. The van der Waals surface area contributed by atoms with Gasteiger partial charge in [-0.15, -0.1) is 0 Å². The highest BCUT2D eigenvalue weighted by atomic mass is 33.1. The first kappa shape index (κ1) is 63.3. The predicted octanol–water partition coefficient (Wildman–Crippen LogP) is 14.7. The van der Waals surface area contributed by atoms with Crippen LogP contribution in [0.15, 0.2) is 158 Å². The largest absolute Gasteiger partial charge is 0.508 e. The summed E-state index contributed by atoms with van der Waals surface area (Å²) in [5, 5.41) is 68.7. The topological polar surface area (TPSA) is 184 Å². The molecule has 3 heterocycles. The Morgan fingerprint density at radius 3 is 2.42 bits per heavy atom. The third-order valence-corrected chi connectivity index (χ3v) is 28.9. The number of aromatic hydroxyl groups is 3.